The van der Waals surface area contributed by atoms with E-state index < -0.39 is 17.6 Å². The van der Waals surface area contributed by atoms with Crippen LogP contribution in [0.25, 0.3) is 0 Å². The van der Waals surface area contributed by atoms with E-state index in [0.29, 0.717) is 12.2 Å². The fraction of sp³-hybridized carbons (Fsp3) is 0.211. The van der Waals surface area contributed by atoms with Gasteiger partial charge in [-0.05, 0) is 30.7 Å². The van der Waals surface area contributed by atoms with E-state index in [0.717, 1.165) is 25.0 Å². The Labute approximate surface area is 138 Å². The van der Waals surface area contributed by atoms with Gasteiger partial charge in [-0.2, -0.15) is 0 Å². The van der Waals surface area contributed by atoms with E-state index in [2.05, 4.69) is 11.8 Å². The maximum absolute atomic E-state index is 14.0. The molecule has 5 heteroatoms. The molecule has 0 heterocycles. The molecule has 0 fully saturated rings. The molecule has 2 rings (SSSR count). The van der Waals surface area contributed by atoms with Gasteiger partial charge in [0.15, 0.2) is 0 Å². The summed E-state index contributed by atoms with van der Waals surface area (Å²) in [6, 6.07) is 7.93. The van der Waals surface area contributed by atoms with Gasteiger partial charge in [0.1, 0.15) is 17.4 Å². The van der Waals surface area contributed by atoms with Crippen LogP contribution in [0.15, 0.2) is 36.4 Å². The van der Waals surface area contributed by atoms with E-state index in [1.165, 1.54) is 24.3 Å². The van der Waals surface area contributed by atoms with Crippen molar-refractivity contribution in [1.82, 2.24) is 0 Å². The molecule has 3 nitrogen and oxygen atoms in total. The smallest absolute Gasteiger partial charge is 0.335 e. The molecular formula is C19H16F2O3. The van der Waals surface area contributed by atoms with E-state index >= 15 is 0 Å². The SMILES string of the molecule is CCCCOc1cc(F)c(C#Cc2ccc(C(=O)O)cc2)c(F)c1. The zero-order chi connectivity index (χ0) is 17.5. The summed E-state index contributed by atoms with van der Waals surface area (Å²) in [4.78, 5) is 10.8. The van der Waals surface area contributed by atoms with Crippen LogP contribution in [0.1, 0.15) is 41.3 Å². The van der Waals surface area contributed by atoms with Gasteiger partial charge in [-0.25, -0.2) is 13.6 Å². The van der Waals surface area contributed by atoms with Crippen molar-refractivity contribution >= 4 is 5.97 Å². The summed E-state index contributed by atoms with van der Waals surface area (Å²) in [7, 11) is 0. The third-order valence-electron chi connectivity index (χ3n) is 3.25. The first kappa shape index (κ1) is 17.5. The minimum atomic E-state index is -1.05. The molecule has 24 heavy (non-hydrogen) atoms. The molecule has 2 aromatic carbocycles. The van der Waals surface area contributed by atoms with Gasteiger partial charge in [-0.15, -0.1) is 0 Å². The quantitative estimate of drug-likeness (QED) is 0.659. The van der Waals surface area contributed by atoms with Crippen molar-refractivity contribution in [3.8, 4) is 17.6 Å². The maximum Gasteiger partial charge on any atom is 0.335 e. The van der Waals surface area contributed by atoms with Crippen LogP contribution < -0.4 is 4.74 Å². The van der Waals surface area contributed by atoms with Crippen LogP contribution in [0, 0.1) is 23.5 Å². The number of aromatic carboxylic acids is 1. The molecule has 0 aliphatic rings. The number of hydrogen-bond donors (Lipinski definition) is 1. The van der Waals surface area contributed by atoms with E-state index in [4.69, 9.17) is 9.84 Å². The Balaban J connectivity index is 2.19. The number of carboxylic acids is 1. The fourth-order valence-electron chi connectivity index (χ4n) is 1.92. The van der Waals surface area contributed by atoms with Crippen LogP contribution >= 0.6 is 0 Å². The summed E-state index contributed by atoms with van der Waals surface area (Å²) in [5.41, 5.74) is 0.230. The number of benzene rings is 2. The predicted molar refractivity (Wildman–Crippen MR) is 86.1 cm³/mol. The van der Waals surface area contributed by atoms with Crippen molar-refractivity contribution in [2.45, 2.75) is 19.8 Å². The number of halogens is 2. The second kappa shape index (κ2) is 8.11. The maximum atomic E-state index is 14.0. The van der Waals surface area contributed by atoms with Crippen molar-refractivity contribution in [3.05, 3.63) is 64.7 Å². The molecule has 0 aromatic heterocycles. The Hall–Kier alpha value is -2.87. The lowest BCUT2D eigenvalue weighted by Gasteiger charge is -2.06. The molecule has 0 unspecified atom stereocenters. The van der Waals surface area contributed by atoms with Crippen LogP contribution in [0.5, 0.6) is 5.75 Å². The molecule has 0 saturated carbocycles. The van der Waals surface area contributed by atoms with E-state index in [-0.39, 0.29) is 16.9 Å². The van der Waals surface area contributed by atoms with Gasteiger partial charge in [0.25, 0.3) is 0 Å². The Bertz CT molecular complexity index is 763. The topological polar surface area (TPSA) is 46.5 Å². The standard InChI is InChI=1S/C19H16F2O3/c1-2-3-10-24-15-11-17(20)16(18(21)12-15)9-6-13-4-7-14(8-5-13)19(22)23/h4-5,7-8,11-12H,2-3,10H2,1H3,(H,22,23). The lowest BCUT2D eigenvalue weighted by molar-refractivity contribution is 0.0697. The van der Waals surface area contributed by atoms with Gasteiger partial charge in [0.05, 0.1) is 17.7 Å². The Morgan fingerprint density at radius 3 is 2.29 bits per heavy atom. The third-order valence-corrected chi connectivity index (χ3v) is 3.25. The van der Waals surface area contributed by atoms with Crippen molar-refractivity contribution in [2.24, 2.45) is 0 Å². The van der Waals surface area contributed by atoms with Crippen LogP contribution in [-0.2, 0) is 0 Å². The molecule has 0 amide bonds. The highest BCUT2D eigenvalue weighted by molar-refractivity contribution is 5.87. The molecule has 0 aliphatic heterocycles. The Morgan fingerprint density at radius 2 is 1.75 bits per heavy atom. The van der Waals surface area contributed by atoms with E-state index in [1.54, 1.807) is 0 Å². The predicted octanol–water partition coefficient (Wildman–Crippen LogP) is 4.24. The van der Waals surface area contributed by atoms with Gasteiger partial charge in [0.2, 0.25) is 0 Å². The lowest BCUT2D eigenvalue weighted by atomic mass is 10.1. The average Bonchev–Trinajstić information content (AvgIpc) is 2.55. The van der Waals surface area contributed by atoms with Gasteiger partial charge in [0, 0.05) is 17.7 Å². The molecule has 1 N–H and O–H groups in total. The monoisotopic (exact) mass is 330 g/mol. The van der Waals surface area contributed by atoms with Gasteiger partial charge in [-0.1, -0.05) is 25.2 Å². The summed E-state index contributed by atoms with van der Waals surface area (Å²) >= 11 is 0. The number of carbonyl (C=O) groups is 1. The zero-order valence-corrected chi connectivity index (χ0v) is 13.1. The van der Waals surface area contributed by atoms with Crippen LogP contribution in [-0.4, -0.2) is 17.7 Å². The number of ether oxygens (including phenoxy) is 1. The highest BCUT2D eigenvalue weighted by Crippen LogP contribution is 2.20. The summed E-state index contributed by atoms with van der Waals surface area (Å²) in [5.74, 6) is 2.55. The van der Waals surface area contributed by atoms with Crippen LogP contribution in [0.3, 0.4) is 0 Å². The van der Waals surface area contributed by atoms with Crippen LogP contribution in [0.4, 0.5) is 8.78 Å². The number of hydrogen-bond acceptors (Lipinski definition) is 2. The van der Waals surface area contributed by atoms with Gasteiger partial charge < -0.3 is 9.84 Å². The molecule has 0 bridgehead atoms. The first-order valence-corrected chi connectivity index (χ1v) is 7.48. The summed E-state index contributed by atoms with van der Waals surface area (Å²) in [6.45, 7) is 2.39. The Morgan fingerprint density at radius 1 is 1.12 bits per heavy atom. The van der Waals surface area contributed by atoms with Crippen molar-refractivity contribution in [3.63, 3.8) is 0 Å². The molecular weight excluding hydrogens is 314 g/mol. The van der Waals surface area contributed by atoms with Gasteiger partial charge in [-0.3, -0.25) is 0 Å². The minimum Gasteiger partial charge on any atom is -0.493 e. The molecule has 2 aromatic rings. The van der Waals surface area contributed by atoms with E-state index in [1.807, 2.05) is 6.92 Å². The van der Waals surface area contributed by atoms with E-state index in [9.17, 15) is 13.6 Å². The highest BCUT2D eigenvalue weighted by Gasteiger charge is 2.10. The molecule has 0 radical (unpaired) electrons. The zero-order valence-electron chi connectivity index (χ0n) is 13.1. The average molecular weight is 330 g/mol. The first-order chi connectivity index (χ1) is 11.5. The third kappa shape index (κ3) is 4.56. The van der Waals surface area contributed by atoms with Crippen molar-refractivity contribution in [1.29, 1.82) is 0 Å². The van der Waals surface area contributed by atoms with Crippen LogP contribution in [0.2, 0.25) is 0 Å². The number of carboxylic acid groups (broad SMARTS) is 1. The molecule has 124 valence electrons. The molecule has 0 spiro atoms. The summed E-state index contributed by atoms with van der Waals surface area (Å²) in [6.07, 6.45) is 1.73. The largest absolute Gasteiger partial charge is 0.493 e. The molecule has 0 aliphatic carbocycles. The number of unbranched alkanes of at least 4 members (excludes halogenated alkanes) is 1. The molecule has 0 saturated heterocycles. The van der Waals surface area contributed by atoms with Crippen molar-refractivity contribution < 1.29 is 23.4 Å². The fourth-order valence-corrected chi connectivity index (χ4v) is 1.92. The van der Waals surface area contributed by atoms with Gasteiger partial charge >= 0.3 is 5.97 Å². The second-order valence-electron chi connectivity index (χ2n) is 5.10. The second-order valence-corrected chi connectivity index (χ2v) is 5.10. The normalized spacial score (nSPS) is 9.96. The highest BCUT2D eigenvalue weighted by atomic mass is 19.1. The summed E-state index contributed by atoms with van der Waals surface area (Å²) in [5, 5.41) is 8.81. The Kier molecular flexibility index (Phi) is 5.91. The summed E-state index contributed by atoms with van der Waals surface area (Å²) < 4.78 is 33.3. The first-order valence-electron chi connectivity index (χ1n) is 7.48. The lowest BCUT2D eigenvalue weighted by Crippen LogP contribution is -1.99. The minimum absolute atomic E-state index is 0.117. The van der Waals surface area contributed by atoms with Crippen molar-refractivity contribution in [2.75, 3.05) is 6.61 Å². The number of rotatable bonds is 5. The molecule has 0 atom stereocenters.